The standard InChI is InChI=1S/C16H19ClFNO5/c1-9(24-8-11-3-2-6-23-11)15(20)19-14(16(21)22)10-4-5-12(17)13(18)7-10/h4-5,7,9,11,14H,2-3,6,8H2,1H3,(H,19,20)(H,21,22). The highest BCUT2D eigenvalue weighted by atomic mass is 35.5. The zero-order valence-corrected chi connectivity index (χ0v) is 13.9. The Balaban J connectivity index is 1.96. The fraction of sp³-hybridized carbons (Fsp3) is 0.500. The summed E-state index contributed by atoms with van der Waals surface area (Å²) in [5, 5.41) is 11.5. The zero-order valence-electron chi connectivity index (χ0n) is 13.1. The molecule has 0 saturated carbocycles. The maximum absolute atomic E-state index is 13.5. The van der Waals surface area contributed by atoms with E-state index in [1.807, 2.05) is 0 Å². The number of nitrogens with one attached hydrogen (secondary N) is 1. The lowest BCUT2D eigenvalue weighted by molar-refractivity contribution is -0.145. The van der Waals surface area contributed by atoms with Gasteiger partial charge in [0.05, 0.1) is 17.7 Å². The highest BCUT2D eigenvalue weighted by Crippen LogP contribution is 2.21. The average Bonchev–Trinajstić information content (AvgIpc) is 3.06. The Morgan fingerprint density at radius 2 is 2.29 bits per heavy atom. The number of ether oxygens (including phenoxy) is 2. The third-order valence-corrected chi connectivity index (χ3v) is 4.04. The average molecular weight is 360 g/mol. The van der Waals surface area contributed by atoms with Crippen molar-refractivity contribution < 1.29 is 28.6 Å². The minimum absolute atomic E-state index is 0.0409. The second-order valence-electron chi connectivity index (χ2n) is 5.56. The molecule has 1 heterocycles. The van der Waals surface area contributed by atoms with Crippen LogP contribution in [0.5, 0.6) is 0 Å². The lowest BCUT2D eigenvalue weighted by Crippen LogP contribution is -2.41. The molecule has 1 aromatic carbocycles. The van der Waals surface area contributed by atoms with Crippen LogP contribution in [-0.4, -0.2) is 42.4 Å². The second-order valence-corrected chi connectivity index (χ2v) is 5.97. The van der Waals surface area contributed by atoms with Crippen molar-refractivity contribution in [2.75, 3.05) is 13.2 Å². The summed E-state index contributed by atoms with van der Waals surface area (Å²) < 4.78 is 24.3. The number of amides is 1. The minimum atomic E-state index is -1.39. The van der Waals surface area contributed by atoms with Gasteiger partial charge in [-0.05, 0) is 37.5 Å². The number of benzene rings is 1. The van der Waals surface area contributed by atoms with Gasteiger partial charge in [-0.25, -0.2) is 9.18 Å². The maximum Gasteiger partial charge on any atom is 0.330 e. The first-order valence-corrected chi connectivity index (χ1v) is 7.97. The number of aliphatic carboxylic acids is 1. The zero-order chi connectivity index (χ0) is 17.7. The van der Waals surface area contributed by atoms with E-state index in [-0.39, 0.29) is 23.3 Å². The Labute approximate surface area is 143 Å². The van der Waals surface area contributed by atoms with E-state index >= 15 is 0 Å². The topological polar surface area (TPSA) is 84.9 Å². The Morgan fingerprint density at radius 1 is 1.54 bits per heavy atom. The molecule has 1 fully saturated rings. The number of halogens is 2. The summed E-state index contributed by atoms with van der Waals surface area (Å²) >= 11 is 5.58. The molecule has 2 N–H and O–H groups in total. The largest absolute Gasteiger partial charge is 0.479 e. The van der Waals surface area contributed by atoms with Crippen molar-refractivity contribution in [3.63, 3.8) is 0 Å². The molecule has 1 aliphatic heterocycles. The quantitative estimate of drug-likeness (QED) is 0.780. The van der Waals surface area contributed by atoms with Crippen LogP contribution in [0.15, 0.2) is 18.2 Å². The first-order valence-electron chi connectivity index (χ1n) is 7.60. The summed E-state index contributed by atoms with van der Waals surface area (Å²) in [5.41, 5.74) is 0.0871. The third-order valence-electron chi connectivity index (χ3n) is 3.74. The summed E-state index contributed by atoms with van der Waals surface area (Å²) in [7, 11) is 0. The van der Waals surface area contributed by atoms with Crippen LogP contribution in [0.3, 0.4) is 0 Å². The highest BCUT2D eigenvalue weighted by Gasteiger charge is 2.26. The van der Waals surface area contributed by atoms with Crippen LogP contribution in [-0.2, 0) is 19.1 Å². The number of hydrogen-bond acceptors (Lipinski definition) is 4. The van der Waals surface area contributed by atoms with Crippen molar-refractivity contribution in [2.45, 2.75) is 38.0 Å². The van der Waals surface area contributed by atoms with Gasteiger partial charge in [-0.3, -0.25) is 4.79 Å². The molecule has 132 valence electrons. The predicted molar refractivity (Wildman–Crippen MR) is 84.3 cm³/mol. The molecule has 24 heavy (non-hydrogen) atoms. The molecule has 3 atom stereocenters. The lowest BCUT2D eigenvalue weighted by Gasteiger charge is -2.20. The van der Waals surface area contributed by atoms with Crippen LogP contribution >= 0.6 is 11.6 Å². The Hall–Kier alpha value is -1.70. The van der Waals surface area contributed by atoms with Crippen molar-refractivity contribution in [2.24, 2.45) is 0 Å². The minimum Gasteiger partial charge on any atom is -0.479 e. The highest BCUT2D eigenvalue weighted by molar-refractivity contribution is 6.30. The van der Waals surface area contributed by atoms with Crippen LogP contribution < -0.4 is 5.32 Å². The van der Waals surface area contributed by atoms with Gasteiger partial charge in [0.1, 0.15) is 11.9 Å². The van der Waals surface area contributed by atoms with Gasteiger partial charge in [0.25, 0.3) is 0 Å². The van der Waals surface area contributed by atoms with Gasteiger partial charge < -0.3 is 19.9 Å². The van der Waals surface area contributed by atoms with E-state index in [1.54, 1.807) is 0 Å². The van der Waals surface area contributed by atoms with E-state index in [1.165, 1.54) is 19.1 Å². The molecule has 1 amide bonds. The molecule has 3 unspecified atom stereocenters. The molecule has 0 radical (unpaired) electrons. The molecule has 1 saturated heterocycles. The SMILES string of the molecule is CC(OCC1CCCO1)C(=O)NC(C(=O)O)c1ccc(Cl)c(F)c1. The van der Waals surface area contributed by atoms with Gasteiger partial charge in [-0.1, -0.05) is 17.7 Å². The van der Waals surface area contributed by atoms with Gasteiger partial charge in [0, 0.05) is 6.61 Å². The van der Waals surface area contributed by atoms with Crippen molar-refractivity contribution in [1.29, 1.82) is 0 Å². The Morgan fingerprint density at radius 3 is 2.88 bits per heavy atom. The van der Waals surface area contributed by atoms with Gasteiger partial charge in [-0.15, -0.1) is 0 Å². The molecule has 8 heteroatoms. The molecule has 6 nitrogen and oxygen atoms in total. The van der Waals surface area contributed by atoms with Crippen molar-refractivity contribution in [3.8, 4) is 0 Å². The molecule has 0 aromatic heterocycles. The van der Waals surface area contributed by atoms with Gasteiger partial charge >= 0.3 is 5.97 Å². The normalized spacial score (nSPS) is 19.7. The van der Waals surface area contributed by atoms with Gasteiger partial charge in [0.2, 0.25) is 5.91 Å². The van der Waals surface area contributed by atoms with Crippen LogP contribution in [0.25, 0.3) is 0 Å². The molecule has 0 aliphatic carbocycles. The first-order chi connectivity index (χ1) is 11.4. The van der Waals surface area contributed by atoms with Crippen LogP contribution in [0.2, 0.25) is 5.02 Å². The van der Waals surface area contributed by atoms with E-state index in [9.17, 15) is 19.1 Å². The Kier molecular flexibility index (Phi) is 6.53. The Bertz CT molecular complexity index is 606. The number of carbonyl (C=O) groups excluding carboxylic acids is 1. The number of rotatable bonds is 7. The third kappa shape index (κ3) is 4.90. The van der Waals surface area contributed by atoms with E-state index < -0.39 is 29.8 Å². The maximum atomic E-state index is 13.5. The van der Waals surface area contributed by atoms with Gasteiger partial charge in [-0.2, -0.15) is 0 Å². The number of hydrogen-bond donors (Lipinski definition) is 2. The summed E-state index contributed by atoms with van der Waals surface area (Å²) in [6.45, 7) is 2.46. The lowest BCUT2D eigenvalue weighted by atomic mass is 10.1. The van der Waals surface area contributed by atoms with E-state index in [0.29, 0.717) is 6.61 Å². The van der Waals surface area contributed by atoms with Crippen LogP contribution in [0.1, 0.15) is 31.4 Å². The number of carboxylic acids is 1. The second kappa shape index (κ2) is 8.41. The van der Waals surface area contributed by atoms with Crippen LogP contribution in [0, 0.1) is 5.82 Å². The van der Waals surface area contributed by atoms with E-state index in [2.05, 4.69) is 5.32 Å². The summed E-state index contributed by atoms with van der Waals surface area (Å²) in [5.74, 6) is -2.66. The smallest absolute Gasteiger partial charge is 0.330 e. The summed E-state index contributed by atoms with van der Waals surface area (Å²) in [6, 6.07) is 2.19. The molecule has 0 spiro atoms. The number of carbonyl (C=O) groups is 2. The summed E-state index contributed by atoms with van der Waals surface area (Å²) in [6.07, 6.45) is 0.933. The molecular formula is C16H19ClFNO5. The molecule has 1 aliphatic rings. The van der Waals surface area contributed by atoms with Crippen LogP contribution in [0.4, 0.5) is 4.39 Å². The van der Waals surface area contributed by atoms with Gasteiger partial charge in [0.15, 0.2) is 6.04 Å². The molecule has 1 aromatic rings. The molecular weight excluding hydrogens is 341 g/mol. The van der Waals surface area contributed by atoms with E-state index in [0.717, 1.165) is 18.9 Å². The predicted octanol–water partition coefficient (Wildman–Crippen LogP) is 2.31. The van der Waals surface area contributed by atoms with Crippen molar-refractivity contribution in [3.05, 3.63) is 34.6 Å². The van der Waals surface area contributed by atoms with E-state index in [4.69, 9.17) is 21.1 Å². The monoisotopic (exact) mass is 359 g/mol. The fourth-order valence-electron chi connectivity index (χ4n) is 2.34. The summed E-state index contributed by atoms with van der Waals surface area (Å²) in [4.78, 5) is 23.5. The molecule has 2 rings (SSSR count). The van der Waals surface area contributed by atoms with Crippen molar-refractivity contribution >= 4 is 23.5 Å². The first kappa shape index (κ1) is 18.6. The van der Waals surface area contributed by atoms with Crippen molar-refractivity contribution in [1.82, 2.24) is 5.32 Å². The fourth-order valence-corrected chi connectivity index (χ4v) is 2.46. The molecule has 0 bridgehead atoms. The number of carboxylic acid groups (broad SMARTS) is 1.